The molecule has 2 aromatic heterocycles. The summed E-state index contributed by atoms with van der Waals surface area (Å²) in [5.41, 5.74) is 1.69. The van der Waals surface area contributed by atoms with E-state index in [2.05, 4.69) is 10.1 Å². The molecule has 0 radical (unpaired) electrons. The van der Waals surface area contributed by atoms with E-state index in [-0.39, 0.29) is 11.9 Å². The van der Waals surface area contributed by atoms with Crippen LogP contribution in [0.15, 0.2) is 24.7 Å². The van der Waals surface area contributed by atoms with Crippen molar-refractivity contribution < 1.29 is 4.79 Å². The molecular weight excluding hydrogens is 276 g/mol. The number of aromatic nitrogens is 3. The van der Waals surface area contributed by atoms with Gasteiger partial charge in [0.05, 0.1) is 23.8 Å². The van der Waals surface area contributed by atoms with Gasteiger partial charge in [0.1, 0.15) is 5.69 Å². The van der Waals surface area contributed by atoms with E-state index in [1.54, 1.807) is 12.3 Å². The van der Waals surface area contributed by atoms with Crippen LogP contribution in [0.3, 0.4) is 0 Å². The van der Waals surface area contributed by atoms with Gasteiger partial charge < -0.3 is 9.88 Å². The van der Waals surface area contributed by atoms with Gasteiger partial charge in [0.15, 0.2) is 0 Å². The molecule has 20 heavy (non-hydrogen) atoms. The Morgan fingerprint density at radius 3 is 3.10 bits per heavy atom. The maximum atomic E-state index is 12.5. The van der Waals surface area contributed by atoms with Crippen molar-refractivity contribution in [3.63, 3.8) is 0 Å². The zero-order valence-electron chi connectivity index (χ0n) is 11.3. The predicted molar refractivity (Wildman–Crippen MR) is 76.8 cm³/mol. The molecule has 2 aromatic rings. The summed E-state index contributed by atoms with van der Waals surface area (Å²) >= 11 is 5.86. The standard InChI is InChI=1S/C14H17ClN4O/c1-10-6-17-18(8-10)9-12-3-2-4-19(12)14(20)13-5-11(15)7-16-13/h5-8,12,16H,2-4,9H2,1H3/t12-/m1/s1. The van der Waals surface area contributed by atoms with E-state index in [0.29, 0.717) is 10.7 Å². The summed E-state index contributed by atoms with van der Waals surface area (Å²) in [5.74, 6) is 0.0169. The van der Waals surface area contributed by atoms with Crippen LogP contribution in [0, 0.1) is 6.92 Å². The lowest BCUT2D eigenvalue weighted by atomic mass is 10.2. The number of aromatic amines is 1. The van der Waals surface area contributed by atoms with E-state index in [9.17, 15) is 4.79 Å². The highest BCUT2D eigenvalue weighted by Gasteiger charge is 2.30. The number of hydrogen-bond donors (Lipinski definition) is 1. The molecule has 1 aliphatic heterocycles. The Labute approximate surface area is 122 Å². The smallest absolute Gasteiger partial charge is 0.270 e. The Morgan fingerprint density at radius 1 is 1.60 bits per heavy atom. The summed E-state index contributed by atoms with van der Waals surface area (Å²) < 4.78 is 1.91. The van der Waals surface area contributed by atoms with Crippen LogP contribution in [-0.2, 0) is 6.54 Å². The minimum absolute atomic E-state index is 0.0169. The van der Waals surface area contributed by atoms with E-state index in [0.717, 1.165) is 31.5 Å². The average Bonchev–Trinajstić information content (AvgIpc) is 3.11. The van der Waals surface area contributed by atoms with Crippen LogP contribution < -0.4 is 0 Å². The molecule has 0 aliphatic carbocycles. The largest absolute Gasteiger partial charge is 0.356 e. The number of hydrogen-bond acceptors (Lipinski definition) is 2. The molecule has 3 heterocycles. The third kappa shape index (κ3) is 2.58. The van der Waals surface area contributed by atoms with Gasteiger partial charge in [-0.15, -0.1) is 0 Å². The quantitative estimate of drug-likeness (QED) is 0.945. The van der Waals surface area contributed by atoms with Crippen LogP contribution in [0.4, 0.5) is 0 Å². The summed E-state index contributed by atoms with van der Waals surface area (Å²) in [6.45, 7) is 3.55. The zero-order chi connectivity index (χ0) is 14.1. The second-order valence-electron chi connectivity index (χ2n) is 5.27. The van der Waals surface area contributed by atoms with Crippen LogP contribution in [0.2, 0.25) is 5.02 Å². The van der Waals surface area contributed by atoms with E-state index >= 15 is 0 Å². The first-order valence-corrected chi connectivity index (χ1v) is 7.15. The van der Waals surface area contributed by atoms with Gasteiger partial charge in [-0.3, -0.25) is 9.48 Å². The molecule has 1 amide bonds. The molecule has 0 saturated carbocycles. The van der Waals surface area contributed by atoms with Crippen molar-refractivity contribution in [3.05, 3.63) is 40.9 Å². The van der Waals surface area contributed by atoms with Crippen molar-refractivity contribution >= 4 is 17.5 Å². The van der Waals surface area contributed by atoms with Crippen molar-refractivity contribution in [3.8, 4) is 0 Å². The van der Waals surface area contributed by atoms with Crippen LogP contribution in [-0.4, -0.2) is 38.2 Å². The summed E-state index contributed by atoms with van der Waals surface area (Å²) in [7, 11) is 0. The molecule has 0 aromatic carbocycles. The Hall–Kier alpha value is -1.75. The van der Waals surface area contributed by atoms with Crippen LogP contribution in [0.5, 0.6) is 0 Å². The van der Waals surface area contributed by atoms with Gasteiger partial charge in [0.25, 0.3) is 5.91 Å². The predicted octanol–water partition coefficient (Wildman–Crippen LogP) is 2.48. The number of carbonyl (C=O) groups is 1. The topological polar surface area (TPSA) is 53.9 Å². The normalized spacial score (nSPS) is 18.7. The summed E-state index contributed by atoms with van der Waals surface area (Å²) in [6, 6.07) is 1.88. The second-order valence-corrected chi connectivity index (χ2v) is 5.70. The number of aryl methyl sites for hydroxylation is 1. The summed E-state index contributed by atoms with van der Waals surface area (Å²) in [4.78, 5) is 17.3. The van der Waals surface area contributed by atoms with Crippen molar-refractivity contribution in [2.24, 2.45) is 0 Å². The molecule has 3 rings (SSSR count). The highest BCUT2D eigenvalue weighted by atomic mass is 35.5. The molecule has 0 bridgehead atoms. The van der Waals surface area contributed by atoms with Crippen molar-refractivity contribution in [1.29, 1.82) is 0 Å². The fourth-order valence-electron chi connectivity index (χ4n) is 2.72. The van der Waals surface area contributed by atoms with Crippen LogP contribution in [0.25, 0.3) is 0 Å². The molecule has 1 aliphatic rings. The molecule has 6 heteroatoms. The van der Waals surface area contributed by atoms with E-state index in [1.165, 1.54) is 0 Å². The zero-order valence-corrected chi connectivity index (χ0v) is 12.1. The Kier molecular flexibility index (Phi) is 3.53. The van der Waals surface area contributed by atoms with Gasteiger partial charge in [-0.1, -0.05) is 11.6 Å². The van der Waals surface area contributed by atoms with Crippen LogP contribution in [0.1, 0.15) is 28.9 Å². The van der Waals surface area contributed by atoms with E-state index in [4.69, 9.17) is 11.6 Å². The molecule has 1 N–H and O–H groups in total. The molecule has 1 saturated heterocycles. The highest BCUT2D eigenvalue weighted by Crippen LogP contribution is 2.22. The lowest BCUT2D eigenvalue weighted by Crippen LogP contribution is -2.38. The van der Waals surface area contributed by atoms with Gasteiger partial charge in [-0.2, -0.15) is 5.10 Å². The molecule has 0 spiro atoms. The number of amides is 1. The summed E-state index contributed by atoms with van der Waals surface area (Å²) in [6.07, 6.45) is 7.53. The maximum absolute atomic E-state index is 12.5. The Balaban J connectivity index is 1.73. The van der Waals surface area contributed by atoms with Gasteiger partial charge in [-0.05, 0) is 31.4 Å². The van der Waals surface area contributed by atoms with Gasteiger partial charge in [-0.25, -0.2) is 0 Å². The molecule has 106 valence electrons. The molecule has 1 fully saturated rings. The van der Waals surface area contributed by atoms with Gasteiger partial charge in [0.2, 0.25) is 0 Å². The maximum Gasteiger partial charge on any atom is 0.270 e. The van der Waals surface area contributed by atoms with E-state index < -0.39 is 0 Å². The third-order valence-electron chi connectivity index (χ3n) is 3.68. The number of nitrogens with one attached hydrogen (secondary N) is 1. The first kappa shape index (κ1) is 13.2. The number of nitrogens with zero attached hydrogens (tertiary/aromatic N) is 3. The highest BCUT2D eigenvalue weighted by molar-refractivity contribution is 6.30. The van der Waals surface area contributed by atoms with Gasteiger partial charge >= 0.3 is 0 Å². The van der Waals surface area contributed by atoms with E-state index in [1.807, 2.05) is 28.9 Å². The molecule has 1 atom stereocenters. The SMILES string of the molecule is Cc1cnn(C[C@H]2CCCN2C(=O)c2cc(Cl)c[nH]2)c1. The van der Waals surface area contributed by atoms with Crippen molar-refractivity contribution in [2.75, 3.05) is 6.54 Å². The lowest BCUT2D eigenvalue weighted by molar-refractivity contribution is 0.0716. The number of halogens is 1. The van der Waals surface area contributed by atoms with Crippen molar-refractivity contribution in [1.82, 2.24) is 19.7 Å². The number of H-pyrrole nitrogens is 1. The molecule has 5 nitrogen and oxygen atoms in total. The average molecular weight is 293 g/mol. The number of likely N-dealkylation sites (tertiary alicyclic amines) is 1. The fraction of sp³-hybridized carbons (Fsp3) is 0.429. The van der Waals surface area contributed by atoms with Gasteiger partial charge in [0, 0.05) is 18.9 Å². The molecular formula is C14H17ClN4O. The minimum atomic E-state index is 0.0169. The fourth-order valence-corrected chi connectivity index (χ4v) is 2.89. The van der Waals surface area contributed by atoms with Crippen molar-refractivity contribution in [2.45, 2.75) is 32.4 Å². The first-order valence-electron chi connectivity index (χ1n) is 6.77. The Morgan fingerprint density at radius 2 is 2.45 bits per heavy atom. The first-order chi connectivity index (χ1) is 9.63. The summed E-state index contributed by atoms with van der Waals surface area (Å²) in [5, 5.41) is 4.86. The lowest BCUT2D eigenvalue weighted by Gasteiger charge is -2.24. The molecule has 0 unspecified atom stereocenters. The number of carbonyl (C=O) groups excluding carboxylic acids is 1. The minimum Gasteiger partial charge on any atom is -0.356 e. The van der Waals surface area contributed by atoms with Crippen LogP contribution >= 0.6 is 11.6 Å². The third-order valence-corrected chi connectivity index (χ3v) is 3.89. The monoisotopic (exact) mass is 292 g/mol. The Bertz CT molecular complexity index is 618. The number of rotatable bonds is 3. The second kappa shape index (κ2) is 5.32.